The summed E-state index contributed by atoms with van der Waals surface area (Å²) in [5.41, 5.74) is 2.09. The highest BCUT2D eigenvalue weighted by Crippen LogP contribution is 2.18. The second-order valence-corrected chi connectivity index (χ2v) is 4.48. The standard InChI is InChI=1S/C14H19N3O2/c1-3-17(7-8-18)10-13-15-14(19-16-13)12-6-4-5-11(2)9-12/h4-6,9,18H,3,7-8,10H2,1-2H3. The minimum atomic E-state index is 0.135. The first-order valence-corrected chi connectivity index (χ1v) is 6.45. The fraction of sp³-hybridized carbons (Fsp3) is 0.429. The lowest BCUT2D eigenvalue weighted by molar-refractivity contribution is 0.192. The predicted octanol–water partition coefficient (Wildman–Crippen LogP) is 1.86. The molecule has 102 valence electrons. The zero-order valence-corrected chi connectivity index (χ0v) is 11.3. The van der Waals surface area contributed by atoms with Gasteiger partial charge >= 0.3 is 0 Å². The van der Waals surface area contributed by atoms with Crippen molar-refractivity contribution in [2.24, 2.45) is 0 Å². The van der Waals surface area contributed by atoms with Crippen molar-refractivity contribution in [2.45, 2.75) is 20.4 Å². The minimum Gasteiger partial charge on any atom is -0.395 e. The minimum absolute atomic E-state index is 0.135. The molecule has 0 spiro atoms. The molecule has 0 aliphatic rings. The molecule has 0 atom stereocenters. The number of rotatable bonds is 6. The molecule has 0 amide bonds. The van der Waals surface area contributed by atoms with Crippen LogP contribution in [0.15, 0.2) is 28.8 Å². The van der Waals surface area contributed by atoms with Crippen LogP contribution >= 0.6 is 0 Å². The Morgan fingerprint density at radius 3 is 2.89 bits per heavy atom. The van der Waals surface area contributed by atoms with E-state index in [-0.39, 0.29) is 6.61 Å². The van der Waals surface area contributed by atoms with Crippen LogP contribution in [0.5, 0.6) is 0 Å². The van der Waals surface area contributed by atoms with Gasteiger partial charge in [-0.25, -0.2) is 0 Å². The lowest BCUT2D eigenvalue weighted by atomic mass is 10.1. The van der Waals surface area contributed by atoms with Crippen LogP contribution in [0, 0.1) is 6.92 Å². The molecular formula is C14H19N3O2. The third-order valence-electron chi connectivity index (χ3n) is 2.96. The molecule has 1 aromatic carbocycles. The second-order valence-electron chi connectivity index (χ2n) is 4.48. The van der Waals surface area contributed by atoms with Crippen molar-refractivity contribution < 1.29 is 9.63 Å². The van der Waals surface area contributed by atoms with Crippen LogP contribution in [0.2, 0.25) is 0 Å². The SMILES string of the molecule is CCN(CCO)Cc1noc(-c2cccc(C)c2)n1. The molecule has 2 aromatic rings. The van der Waals surface area contributed by atoms with Crippen LogP contribution in [0.1, 0.15) is 18.3 Å². The summed E-state index contributed by atoms with van der Waals surface area (Å²) in [6.07, 6.45) is 0. The molecule has 5 nitrogen and oxygen atoms in total. The Kier molecular flexibility index (Phi) is 4.65. The number of aryl methyl sites for hydroxylation is 1. The van der Waals surface area contributed by atoms with Gasteiger partial charge in [-0.1, -0.05) is 29.8 Å². The van der Waals surface area contributed by atoms with Crippen LogP contribution in [-0.2, 0) is 6.54 Å². The molecular weight excluding hydrogens is 242 g/mol. The highest BCUT2D eigenvalue weighted by atomic mass is 16.5. The van der Waals surface area contributed by atoms with Crippen LogP contribution in [0.3, 0.4) is 0 Å². The summed E-state index contributed by atoms with van der Waals surface area (Å²) in [7, 11) is 0. The van der Waals surface area contributed by atoms with E-state index < -0.39 is 0 Å². The maximum absolute atomic E-state index is 8.95. The summed E-state index contributed by atoms with van der Waals surface area (Å²) in [5, 5.41) is 12.9. The summed E-state index contributed by atoms with van der Waals surface area (Å²) in [6, 6.07) is 7.97. The van der Waals surface area contributed by atoms with Crippen molar-refractivity contribution in [1.82, 2.24) is 15.0 Å². The smallest absolute Gasteiger partial charge is 0.257 e. The van der Waals surface area contributed by atoms with E-state index in [2.05, 4.69) is 15.0 Å². The van der Waals surface area contributed by atoms with Gasteiger partial charge in [0.05, 0.1) is 13.2 Å². The summed E-state index contributed by atoms with van der Waals surface area (Å²) in [5.74, 6) is 1.19. The van der Waals surface area contributed by atoms with E-state index in [0.717, 1.165) is 17.7 Å². The average molecular weight is 261 g/mol. The van der Waals surface area contributed by atoms with E-state index in [1.54, 1.807) is 0 Å². The fourth-order valence-corrected chi connectivity index (χ4v) is 1.90. The average Bonchev–Trinajstić information content (AvgIpc) is 2.87. The van der Waals surface area contributed by atoms with Gasteiger partial charge in [0.1, 0.15) is 0 Å². The molecule has 2 rings (SSSR count). The lowest BCUT2D eigenvalue weighted by Crippen LogP contribution is -2.26. The molecule has 1 aromatic heterocycles. The van der Waals surface area contributed by atoms with Gasteiger partial charge in [-0.2, -0.15) is 4.98 Å². The van der Waals surface area contributed by atoms with E-state index in [1.807, 2.05) is 38.1 Å². The highest BCUT2D eigenvalue weighted by Gasteiger charge is 2.11. The van der Waals surface area contributed by atoms with Crippen molar-refractivity contribution in [3.05, 3.63) is 35.7 Å². The number of aromatic nitrogens is 2. The number of hydrogen-bond acceptors (Lipinski definition) is 5. The number of hydrogen-bond donors (Lipinski definition) is 1. The Bertz CT molecular complexity index is 525. The maximum atomic E-state index is 8.95. The quantitative estimate of drug-likeness (QED) is 0.860. The van der Waals surface area contributed by atoms with Gasteiger partial charge in [-0.15, -0.1) is 0 Å². The first-order chi connectivity index (χ1) is 9.22. The number of likely N-dealkylation sites (N-methyl/N-ethyl adjacent to an activating group) is 1. The highest BCUT2D eigenvalue weighted by molar-refractivity contribution is 5.53. The molecule has 0 aliphatic carbocycles. The third-order valence-corrected chi connectivity index (χ3v) is 2.96. The number of aliphatic hydroxyl groups excluding tert-OH is 1. The summed E-state index contributed by atoms with van der Waals surface area (Å²) >= 11 is 0. The Balaban J connectivity index is 2.10. The van der Waals surface area contributed by atoms with Crippen molar-refractivity contribution in [3.63, 3.8) is 0 Å². The fourth-order valence-electron chi connectivity index (χ4n) is 1.90. The summed E-state index contributed by atoms with van der Waals surface area (Å²) in [6.45, 7) is 6.25. The maximum Gasteiger partial charge on any atom is 0.257 e. The molecule has 0 saturated heterocycles. The Hall–Kier alpha value is -1.72. The first-order valence-electron chi connectivity index (χ1n) is 6.45. The molecule has 19 heavy (non-hydrogen) atoms. The van der Waals surface area contributed by atoms with Crippen molar-refractivity contribution in [3.8, 4) is 11.5 Å². The summed E-state index contributed by atoms with van der Waals surface area (Å²) in [4.78, 5) is 6.45. The zero-order chi connectivity index (χ0) is 13.7. The molecule has 1 N–H and O–H groups in total. The lowest BCUT2D eigenvalue weighted by Gasteiger charge is -2.16. The molecule has 0 aliphatic heterocycles. The summed E-state index contributed by atoms with van der Waals surface area (Å²) < 4.78 is 5.28. The van der Waals surface area contributed by atoms with Gasteiger partial charge in [-0.05, 0) is 25.6 Å². The number of nitrogens with zero attached hydrogens (tertiary/aromatic N) is 3. The van der Waals surface area contributed by atoms with Gasteiger partial charge in [0.15, 0.2) is 5.82 Å². The van der Waals surface area contributed by atoms with E-state index in [0.29, 0.717) is 24.8 Å². The van der Waals surface area contributed by atoms with Gasteiger partial charge in [0.25, 0.3) is 5.89 Å². The predicted molar refractivity (Wildman–Crippen MR) is 72.5 cm³/mol. The Morgan fingerprint density at radius 1 is 1.37 bits per heavy atom. The largest absolute Gasteiger partial charge is 0.395 e. The van der Waals surface area contributed by atoms with E-state index in [9.17, 15) is 0 Å². The van der Waals surface area contributed by atoms with Crippen LogP contribution < -0.4 is 0 Å². The van der Waals surface area contributed by atoms with Crippen LogP contribution in [0.4, 0.5) is 0 Å². The van der Waals surface area contributed by atoms with Crippen molar-refractivity contribution in [2.75, 3.05) is 19.7 Å². The van der Waals surface area contributed by atoms with E-state index in [1.165, 1.54) is 0 Å². The molecule has 0 unspecified atom stereocenters. The van der Waals surface area contributed by atoms with Gasteiger partial charge in [-0.3, -0.25) is 4.90 Å². The van der Waals surface area contributed by atoms with Crippen LogP contribution in [-0.4, -0.2) is 39.8 Å². The molecule has 1 heterocycles. The first kappa shape index (κ1) is 13.7. The molecule has 0 radical (unpaired) electrons. The monoisotopic (exact) mass is 261 g/mol. The van der Waals surface area contributed by atoms with Gasteiger partial charge in [0.2, 0.25) is 0 Å². The molecule has 0 saturated carbocycles. The second kappa shape index (κ2) is 6.45. The number of aliphatic hydroxyl groups is 1. The zero-order valence-electron chi connectivity index (χ0n) is 11.3. The van der Waals surface area contributed by atoms with Gasteiger partial charge in [0, 0.05) is 12.1 Å². The molecule has 0 fully saturated rings. The van der Waals surface area contributed by atoms with Gasteiger partial charge < -0.3 is 9.63 Å². The topological polar surface area (TPSA) is 62.4 Å². The van der Waals surface area contributed by atoms with Crippen LogP contribution in [0.25, 0.3) is 11.5 Å². The number of benzene rings is 1. The van der Waals surface area contributed by atoms with Crippen molar-refractivity contribution >= 4 is 0 Å². The molecule has 0 bridgehead atoms. The van der Waals surface area contributed by atoms with Crippen molar-refractivity contribution in [1.29, 1.82) is 0 Å². The Labute approximate surface area is 112 Å². The molecule has 5 heteroatoms. The van der Waals surface area contributed by atoms with E-state index >= 15 is 0 Å². The van der Waals surface area contributed by atoms with E-state index in [4.69, 9.17) is 9.63 Å². The third kappa shape index (κ3) is 3.62. The Morgan fingerprint density at radius 2 is 2.21 bits per heavy atom. The normalized spacial score (nSPS) is 11.2.